The van der Waals surface area contributed by atoms with E-state index in [9.17, 15) is 4.79 Å². The number of nitrogen functional groups attached to an aromatic ring is 1. The number of anilines is 2. The Hall–Kier alpha value is -1.71. The van der Waals surface area contributed by atoms with Gasteiger partial charge >= 0.3 is 5.97 Å². The molecule has 1 saturated heterocycles. The highest BCUT2D eigenvalue weighted by atomic mass is 16.4. The van der Waals surface area contributed by atoms with Gasteiger partial charge in [-0.15, -0.1) is 0 Å². The van der Waals surface area contributed by atoms with Gasteiger partial charge in [0.15, 0.2) is 0 Å². The second-order valence-corrected chi connectivity index (χ2v) is 4.97. The van der Waals surface area contributed by atoms with Crippen LogP contribution in [0.4, 0.5) is 11.4 Å². The maximum absolute atomic E-state index is 10.9. The molecule has 98 valence electrons. The molecule has 1 aromatic rings. The number of rotatable bonds is 2. The third-order valence-electron chi connectivity index (χ3n) is 3.65. The lowest BCUT2D eigenvalue weighted by Crippen LogP contribution is -2.32. The van der Waals surface area contributed by atoms with Crippen LogP contribution in [0.5, 0.6) is 0 Å². The van der Waals surface area contributed by atoms with Crippen molar-refractivity contribution < 1.29 is 9.90 Å². The molecule has 1 atom stereocenters. The first kappa shape index (κ1) is 12.7. The summed E-state index contributed by atoms with van der Waals surface area (Å²) in [4.78, 5) is 13.3. The zero-order valence-electron chi connectivity index (χ0n) is 10.7. The number of carbonyl (C=O) groups is 1. The smallest absolute Gasteiger partial charge is 0.337 e. The Balaban J connectivity index is 2.27. The predicted octanol–water partition coefficient (Wildman–Crippen LogP) is 2.74. The predicted molar refractivity (Wildman–Crippen MR) is 73.1 cm³/mol. The zero-order chi connectivity index (χ0) is 13.1. The Morgan fingerprint density at radius 3 is 2.83 bits per heavy atom. The quantitative estimate of drug-likeness (QED) is 0.790. The van der Waals surface area contributed by atoms with Gasteiger partial charge in [0, 0.05) is 24.0 Å². The normalized spacial score (nSPS) is 20.5. The van der Waals surface area contributed by atoms with Crippen LogP contribution in [-0.4, -0.2) is 23.7 Å². The van der Waals surface area contributed by atoms with Crippen LogP contribution in [0.2, 0.25) is 0 Å². The van der Waals surface area contributed by atoms with Gasteiger partial charge in [0.2, 0.25) is 0 Å². The van der Waals surface area contributed by atoms with Crippen LogP contribution < -0.4 is 10.6 Å². The zero-order valence-corrected chi connectivity index (χ0v) is 10.7. The summed E-state index contributed by atoms with van der Waals surface area (Å²) in [7, 11) is 0. The fraction of sp³-hybridized carbons (Fsp3) is 0.500. The monoisotopic (exact) mass is 248 g/mol. The van der Waals surface area contributed by atoms with E-state index in [1.807, 2.05) is 6.07 Å². The SMILES string of the molecule is CC1CCCCCN1c1ccc(C(=O)O)c(N)c1. The van der Waals surface area contributed by atoms with E-state index < -0.39 is 5.97 Å². The van der Waals surface area contributed by atoms with Crippen molar-refractivity contribution in [2.75, 3.05) is 17.2 Å². The van der Waals surface area contributed by atoms with Crippen molar-refractivity contribution in [3.05, 3.63) is 23.8 Å². The summed E-state index contributed by atoms with van der Waals surface area (Å²) < 4.78 is 0. The highest BCUT2D eigenvalue weighted by Crippen LogP contribution is 2.27. The van der Waals surface area contributed by atoms with Gasteiger partial charge in [-0.2, -0.15) is 0 Å². The van der Waals surface area contributed by atoms with E-state index in [2.05, 4.69) is 11.8 Å². The van der Waals surface area contributed by atoms with E-state index in [4.69, 9.17) is 10.8 Å². The van der Waals surface area contributed by atoms with Crippen molar-refractivity contribution in [3.63, 3.8) is 0 Å². The Morgan fingerprint density at radius 1 is 1.39 bits per heavy atom. The second-order valence-electron chi connectivity index (χ2n) is 4.97. The van der Waals surface area contributed by atoms with Gasteiger partial charge in [-0.25, -0.2) is 4.79 Å². The molecule has 2 rings (SSSR count). The van der Waals surface area contributed by atoms with Crippen LogP contribution >= 0.6 is 0 Å². The lowest BCUT2D eigenvalue weighted by atomic mass is 10.1. The van der Waals surface area contributed by atoms with Gasteiger partial charge in [-0.05, 0) is 38.0 Å². The second kappa shape index (κ2) is 5.29. The molecule has 0 aromatic heterocycles. The molecule has 4 nitrogen and oxygen atoms in total. The molecule has 0 bridgehead atoms. The van der Waals surface area contributed by atoms with Gasteiger partial charge in [0.05, 0.1) is 5.56 Å². The van der Waals surface area contributed by atoms with E-state index in [0.29, 0.717) is 11.7 Å². The Labute approximate surface area is 107 Å². The molecule has 1 aliphatic heterocycles. The molecule has 0 aliphatic carbocycles. The first-order chi connectivity index (χ1) is 8.59. The molecule has 1 unspecified atom stereocenters. The minimum atomic E-state index is -0.969. The van der Waals surface area contributed by atoms with E-state index >= 15 is 0 Å². The van der Waals surface area contributed by atoms with Crippen LogP contribution in [0.15, 0.2) is 18.2 Å². The topological polar surface area (TPSA) is 66.6 Å². The minimum absolute atomic E-state index is 0.182. The maximum Gasteiger partial charge on any atom is 0.337 e. The number of aromatic carboxylic acids is 1. The van der Waals surface area contributed by atoms with Crippen LogP contribution in [0.1, 0.15) is 43.0 Å². The Bertz CT molecular complexity index is 445. The lowest BCUT2D eigenvalue weighted by molar-refractivity contribution is 0.0698. The molecule has 1 aromatic carbocycles. The van der Waals surface area contributed by atoms with Crippen molar-refractivity contribution >= 4 is 17.3 Å². The summed E-state index contributed by atoms with van der Waals surface area (Å²) in [6, 6.07) is 5.74. The minimum Gasteiger partial charge on any atom is -0.478 e. The number of benzene rings is 1. The van der Waals surface area contributed by atoms with Crippen LogP contribution in [0.3, 0.4) is 0 Å². The summed E-state index contributed by atoms with van der Waals surface area (Å²) in [5.74, 6) is -0.969. The maximum atomic E-state index is 10.9. The molecule has 1 aliphatic rings. The van der Waals surface area contributed by atoms with Crippen LogP contribution in [0, 0.1) is 0 Å². The van der Waals surface area contributed by atoms with Crippen molar-refractivity contribution in [1.82, 2.24) is 0 Å². The third kappa shape index (κ3) is 2.58. The van der Waals surface area contributed by atoms with Crippen molar-refractivity contribution in [1.29, 1.82) is 0 Å². The van der Waals surface area contributed by atoms with Crippen molar-refractivity contribution in [2.24, 2.45) is 0 Å². The molecule has 1 heterocycles. The van der Waals surface area contributed by atoms with Crippen molar-refractivity contribution in [3.8, 4) is 0 Å². The Morgan fingerprint density at radius 2 is 2.17 bits per heavy atom. The van der Waals surface area contributed by atoms with Crippen LogP contribution in [-0.2, 0) is 0 Å². The van der Waals surface area contributed by atoms with E-state index in [-0.39, 0.29) is 5.56 Å². The first-order valence-electron chi connectivity index (χ1n) is 6.49. The fourth-order valence-electron chi connectivity index (χ4n) is 2.58. The molecular formula is C14H20N2O2. The van der Waals surface area contributed by atoms with E-state index in [1.165, 1.54) is 25.7 Å². The number of carboxylic acid groups (broad SMARTS) is 1. The molecule has 18 heavy (non-hydrogen) atoms. The summed E-state index contributed by atoms with van der Waals surface area (Å²) in [5, 5.41) is 8.97. The fourth-order valence-corrected chi connectivity index (χ4v) is 2.58. The summed E-state index contributed by atoms with van der Waals surface area (Å²) >= 11 is 0. The summed E-state index contributed by atoms with van der Waals surface area (Å²) in [6.45, 7) is 3.24. The third-order valence-corrected chi connectivity index (χ3v) is 3.65. The highest BCUT2D eigenvalue weighted by molar-refractivity contribution is 5.94. The molecular weight excluding hydrogens is 228 g/mol. The van der Waals surface area contributed by atoms with E-state index in [0.717, 1.165) is 12.2 Å². The Kier molecular flexibility index (Phi) is 3.75. The van der Waals surface area contributed by atoms with Gasteiger partial charge in [-0.3, -0.25) is 0 Å². The molecule has 0 radical (unpaired) electrons. The average molecular weight is 248 g/mol. The van der Waals surface area contributed by atoms with Gasteiger partial charge in [0.25, 0.3) is 0 Å². The summed E-state index contributed by atoms with van der Waals surface area (Å²) in [5.41, 5.74) is 7.37. The van der Waals surface area contributed by atoms with Gasteiger partial charge in [-0.1, -0.05) is 12.8 Å². The van der Waals surface area contributed by atoms with E-state index in [1.54, 1.807) is 12.1 Å². The number of nitrogens with two attached hydrogens (primary N) is 1. The molecule has 0 amide bonds. The highest BCUT2D eigenvalue weighted by Gasteiger charge is 2.18. The standard InChI is InChI=1S/C14H20N2O2/c1-10-5-3-2-4-8-16(10)11-6-7-12(14(17)18)13(15)9-11/h6-7,9-10H,2-5,8,15H2,1H3,(H,17,18). The van der Waals surface area contributed by atoms with Gasteiger partial charge in [0.1, 0.15) is 0 Å². The van der Waals surface area contributed by atoms with Gasteiger partial charge < -0.3 is 15.7 Å². The number of carboxylic acids is 1. The number of hydrogen-bond donors (Lipinski definition) is 2. The molecule has 3 N–H and O–H groups in total. The lowest BCUT2D eigenvalue weighted by Gasteiger charge is -2.29. The summed E-state index contributed by atoms with van der Waals surface area (Å²) in [6.07, 6.45) is 4.90. The molecule has 1 fully saturated rings. The van der Waals surface area contributed by atoms with Crippen molar-refractivity contribution in [2.45, 2.75) is 38.6 Å². The first-order valence-corrected chi connectivity index (χ1v) is 6.49. The average Bonchev–Trinajstić information content (AvgIpc) is 2.53. The largest absolute Gasteiger partial charge is 0.478 e. The van der Waals surface area contributed by atoms with Crippen LogP contribution in [0.25, 0.3) is 0 Å². The number of nitrogens with zero attached hydrogens (tertiary/aromatic N) is 1. The molecule has 0 spiro atoms. The molecule has 4 heteroatoms. The molecule has 0 saturated carbocycles. The number of hydrogen-bond acceptors (Lipinski definition) is 3.